The molecule has 0 aromatic rings. The second kappa shape index (κ2) is 4.95. The third-order valence-electron chi connectivity index (χ3n) is 3.39. The van der Waals surface area contributed by atoms with Gasteiger partial charge in [-0.05, 0) is 34.6 Å². The molecule has 0 aromatic heterocycles. The molecule has 5 atom stereocenters. The van der Waals surface area contributed by atoms with Crippen LogP contribution in [0.25, 0.3) is 0 Å². The van der Waals surface area contributed by atoms with Gasteiger partial charge in [-0.15, -0.1) is 0 Å². The predicted octanol–water partition coefficient (Wildman–Crippen LogP) is 0.400. The third kappa shape index (κ3) is 3.26. The standard InChI is InChI=1S/C13H24O6/c1-7(14)10-11(19-13(4,5)18-10)9(15)8-6-16-12(2,3)17-8/h7-11,14-15H,6H2,1-5H3/t7-,8?,9+,10+,11-/m0/s1. The second-order valence-electron chi connectivity index (χ2n) is 6.16. The Hall–Kier alpha value is -0.240. The highest BCUT2D eigenvalue weighted by atomic mass is 16.8. The molecule has 2 fully saturated rings. The van der Waals surface area contributed by atoms with E-state index in [1.807, 2.05) is 0 Å². The summed E-state index contributed by atoms with van der Waals surface area (Å²) < 4.78 is 22.4. The minimum atomic E-state index is -0.914. The van der Waals surface area contributed by atoms with Crippen LogP contribution in [0.1, 0.15) is 34.6 Å². The largest absolute Gasteiger partial charge is 0.391 e. The van der Waals surface area contributed by atoms with Gasteiger partial charge in [0.2, 0.25) is 0 Å². The summed E-state index contributed by atoms with van der Waals surface area (Å²) in [5.74, 6) is -1.54. The van der Waals surface area contributed by atoms with Gasteiger partial charge in [-0.2, -0.15) is 0 Å². The maximum Gasteiger partial charge on any atom is 0.164 e. The molecule has 0 spiro atoms. The van der Waals surface area contributed by atoms with E-state index in [4.69, 9.17) is 18.9 Å². The summed E-state index contributed by atoms with van der Waals surface area (Å²) in [6.45, 7) is 9.01. The van der Waals surface area contributed by atoms with Gasteiger partial charge in [0, 0.05) is 0 Å². The van der Waals surface area contributed by atoms with Gasteiger partial charge in [0.25, 0.3) is 0 Å². The summed E-state index contributed by atoms with van der Waals surface area (Å²) in [6, 6.07) is 0. The average Bonchev–Trinajstić information content (AvgIpc) is 2.77. The van der Waals surface area contributed by atoms with Crippen LogP contribution in [-0.2, 0) is 18.9 Å². The fraction of sp³-hybridized carbons (Fsp3) is 1.00. The van der Waals surface area contributed by atoms with Crippen LogP contribution in [0.3, 0.4) is 0 Å². The fourth-order valence-corrected chi connectivity index (χ4v) is 2.55. The Morgan fingerprint density at radius 1 is 0.947 bits per heavy atom. The van der Waals surface area contributed by atoms with Crippen molar-refractivity contribution < 1.29 is 29.2 Å². The molecule has 0 bridgehead atoms. The molecule has 2 rings (SSSR count). The van der Waals surface area contributed by atoms with Crippen LogP contribution in [0, 0.1) is 0 Å². The van der Waals surface area contributed by atoms with E-state index < -0.39 is 42.1 Å². The maximum absolute atomic E-state index is 10.4. The van der Waals surface area contributed by atoms with Crippen molar-refractivity contribution in [2.75, 3.05) is 6.61 Å². The summed E-state index contributed by atoms with van der Waals surface area (Å²) in [5, 5.41) is 20.2. The second-order valence-corrected chi connectivity index (χ2v) is 6.16. The smallest absolute Gasteiger partial charge is 0.164 e. The van der Waals surface area contributed by atoms with Gasteiger partial charge in [-0.1, -0.05) is 0 Å². The highest BCUT2D eigenvalue weighted by Crippen LogP contribution is 2.35. The molecule has 2 saturated heterocycles. The first-order valence-corrected chi connectivity index (χ1v) is 6.65. The van der Waals surface area contributed by atoms with E-state index in [0.717, 1.165) is 0 Å². The zero-order chi connectivity index (χ0) is 14.4. The van der Waals surface area contributed by atoms with Crippen molar-refractivity contribution in [3.05, 3.63) is 0 Å². The molecule has 0 radical (unpaired) electrons. The average molecular weight is 276 g/mol. The Labute approximate surface area is 113 Å². The Morgan fingerprint density at radius 3 is 2.00 bits per heavy atom. The molecule has 0 aliphatic carbocycles. The predicted molar refractivity (Wildman–Crippen MR) is 66.4 cm³/mol. The normalized spacial score (nSPS) is 40.3. The lowest BCUT2D eigenvalue weighted by Gasteiger charge is -2.27. The van der Waals surface area contributed by atoms with E-state index in [2.05, 4.69) is 0 Å². The Morgan fingerprint density at radius 2 is 1.53 bits per heavy atom. The highest BCUT2D eigenvalue weighted by molar-refractivity contribution is 4.94. The van der Waals surface area contributed by atoms with E-state index in [0.29, 0.717) is 6.61 Å². The number of ether oxygens (including phenoxy) is 4. The molecule has 2 aliphatic rings. The summed E-state index contributed by atoms with van der Waals surface area (Å²) >= 11 is 0. The minimum Gasteiger partial charge on any atom is -0.391 e. The van der Waals surface area contributed by atoms with Gasteiger partial charge in [-0.25, -0.2) is 0 Å². The highest BCUT2D eigenvalue weighted by Gasteiger charge is 2.51. The monoisotopic (exact) mass is 276 g/mol. The first-order chi connectivity index (χ1) is 8.61. The zero-order valence-corrected chi connectivity index (χ0v) is 12.1. The summed E-state index contributed by atoms with van der Waals surface area (Å²) in [7, 11) is 0. The number of rotatable bonds is 3. The van der Waals surface area contributed by atoms with Crippen molar-refractivity contribution in [3.8, 4) is 0 Å². The Bertz CT molecular complexity index is 327. The van der Waals surface area contributed by atoms with Crippen LogP contribution in [0.2, 0.25) is 0 Å². The van der Waals surface area contributed by atoms with Gasteiger partial charge in [0.1, 0.15) is 24.4 Å². The summed E-state index contributed by atoms with van der Waals surface area (Å²) in [4.78, 5) is 0. The molecule has 6 nitrogen and oxygen atoms in total. The Kier molecular flexibility index (Phi) is 3.94. The molecular weight excluding hydrogens is 252 g/mol. The van der Waals surface area contributed by atoms with Crippen LogP contribution in [-0.4, -0.2) is 58.9 Å². The van der Waals surface area contributed by atoms with Crippen molar-refractivity contribution in [2.45, 2.75) is 76.7 Å². The van der Waals surface area contributed by atoms with Gasteiger partial charge in [0.05, 0.1) is 12.7 Å². The quantitative estimate of drug-likeness (QED) is 0.777. The van der Waals surface area contributed by atoms with E-state index in [1.54, 1.807) is 34.6 Å². The number of hydrogen-bond acceptors (Lipinski definition) is 6. The van der Waals surface area contributed by atoms with Crippen LogP contribution in [0.5, 0.6) is 0 Å². The van der Waals surface area contributed by atoms with Gasteiger partial charge >= 0.3 is 0 Å². The zero-order valence-electron chi connectivity index (χ0n) is 12.1. The molecule has 1 unspecified atom stereocenters. The topological polar surface area (TPSA) is 77.4 Å². The molecule has 0 amide bonds. The number of hydrogen-bond donors (Lipinski definition) is 2. The van der Waals surface area contributed by atoms with Crippen LogP contribution < -0.4 is 0 Å². The van der Waals surface area contributed by atoms with Crippen molar-refractivity contribution in [1.82, 2.24) is 0 Å². The molecule has 112 valence electrons. The van der Waals surface area contributed by atoms with Crippen molar-refractivity contribution in [2.24, 2.45) is 0 Å². The van der Waals surface area contributed by atoms with Crippen LogP contribution in [0.15, 0.2) is 0 Å². The van der Waals surface area contributed by atoms with Crippen molar-refractivity contribution >= 4 is 0 Å². The van der Waals surface area contributed by atoms with Crippen LogP contribution >= 0.6 is 0 Å². The molecule has 6 heteroatoms. The fourth-order valence-electron chi connectivity index (χ4n) is 2.55. The SMILES string of the molecule is C[C@H](O)[C@H]1OC(C)(C)O[C@H]1[C@H](O)C1COC(C)(C)O1. The van der Waals surface area contributed by atoms with Gasteiger partial charge in [-0.3, -0.25) is 0 Å². The molecule has 0 saturated carbocycles. The van der Waals surface area contributed by atoms with Crippen LogP contribution in [0.4, 0.5) is 0 Å². The number of aliphatic hydroxyl groups excluding tert-OH is 2. The van der Waals surface area contributed by atoms with E-state index >= 15 is 0 Å². The van der Waals surface area contributed by atoms with E-state index in [1.165, 1.54) is 0 Å². The lowest BCUT2D eigenvalue weighted by Crippen LogP contribution is -2.47. The number of aliphatic hydroxyl groups is 2. The molecular formula is C13H24O6. The molecule has 19 heavy (non-hydrogen) atoms. The summed E-state index contributed by atoms with van der Waals surface area (Å²) in [5.41, 5.74) is 0. The van der Waals surface area contributed by atoms with E-state index in [9.17, 15) is 10.2 Å². The molecule has 2 N–H and O–H groups in total. The van der Waals surface area contributed by atoms with E-state index in [-0.39, 0.29) is 0 Å². The first kappa shape index (κ1) is 15.2. The third-order valence-corrected chi connectivity index (χ3v) is 3.39. The van der Waals surface area contributed by atoms with Crippen molar-refractivity contribution in [1.29, 1.82) is 0 Å². The molecule has 0 aromatic carbocycles. The lowest BCUT2D eigenvalue weighted by atomic mass is 10.0. The minimum absolute atomic E-state index is 0.293. The molecule has 2 heterocycles. The Balaban J connectivity index is 2.07. The maximum atomic E-state index is 10.4. The first-order valence-electron chi connectivity index (χ1n) is 6.65. The van der Waals surface area contributed by atoms with Gasteiger partial charge in [0.15, 0.2) is 11.6 Å². The summed E-state index contributed by atoms with van der Waals surface area (Å²) in [6.07, 6.45) is -3.37. The van der Waals surface area contributed by atoms with Crippen molar-refractivity contribution in [3.63, 3.8) is 0 Å². The molecule has 2 aliphatic heterocycles. The lowest BCUT2D eigenvalue weighted by molar-refractivity contribution is -0.179. The van der Waals surface area contributed by atoms with Gasteiger partial charge < -0.3 is 29.2 Å².